The van der Waals surface area contributed by atoms with Crippen molar-refractivity contribution in [3.63, 3.8) is 0 Å². The van der Waals surface area contributed by atoms with Crippen LogP contribution in [0.4, 0.5) is 9.52 Å². The lowest BCUT2D eigenvalue weighted by molar-refractivity contribution is 0.0988. The summed E-state index contributed by atoms with van der Waals surface area (Å²) in [5, 5.41) is 1.91. The van der Waals surface area contributed by atoms with Crippen LogP contribution in [0.25, 0.3) is 20.3 Å². The van der Waals surface area contributed by atoms with E-state index in [4.69, 9.17) is 11.6 Å². The van der Waals surface area contributed by atoms with E-state index in [2.05, 4.69) is 23.7 Å². The Bertz CT molecular complexity index is 1210. The van der Waals surface area contributed by atoms with Gasteiger partial charge in [0.05, 0.1) is 15.2 Å². The number of likely N-dealkylation sites (N-methyl/N-ethyl adjacent to an activating group) is 1. The second-order valence-electron chi connectivity index (χ2n) is 6.83. The predicted octanol–water partition coefficient (Wildman–Crippen LogP) is 6.71. The molecule has 0 aliphatic rings. The number of amides is 1. The molecule has 0 unspecified atom stereocenters. The highest BCUT2D eigenvalue weighted by molar-refractivity contribution is 7.23. The summed E-state index contributed by atoms with van der Waals surface area (Å²) in [6.07, 6.45) is 0. The average molecular weight is 498 g/mol. The predicted molar refractivity (Wildman–Crippen MR) is 133 cm³/mol. The van der Waals surface area contributed by atoms with Crippen LogP contribution in [0.2, 0.25) is 5.02 Å². The highest BCUT2D eigenvalue weighted by atomic mass is 35.5. The SMILES string of the molecule is CCN(CC)CCN(C(=O)c1sc2ccccc2c1Cl)c1nc2ccc(F)cc2s1.Cl. The first kappa shape index (κ1) is 23.9. The molecule has 4 rings (SSSR count). The summed E-state index contributed by atoms with van der Waals surface area (Å²) in [6, 6.07) is 12.2. The van der Waals surface area contributed by atoms with Gasteiger partial charge in [-0.05, 0) is 37.4 Å². The van der Waals surface area contributed by atoms with Crippen LogP contribution >= 0.6 is 46.7 Å². The monoisotopic (exact) mass is 497 g/mol. The van der Waals surface area contributed by atoms with Crippen molar-refractivity contribution < 1.29 is 9.18 Å². The van der Waals surface area contributed by atoms with E-state index < -0.39 is 0 Å². The lowest BCUT2D eigenvalue weighted by Gasteiger charge is -2.24. The number of benzene rings is 2. The summed E-state index contributed by atoms with van der Waals surface area (Å²) in [5.74, 6) is -0.487. The maximum Gasteiger partial charge on any atom is 0.271 e. The number of hydrogen-bond acceptors (Lipinski definition) is 5. The van der Waals surface area contributed by atoms with Crippen molar-refractivity contribution in [2.45, 2.75) is 13.8 Å². The molecule has 0 radical (unpaired) electrons. The van der Waals surface area contributed by atoms with Crippen LogP contribution in [0.1, 0.15) is 23.5 Å². The minimum atomic E-state index is -0.314. The van der Waals surface area contributed by atoms with Crippen LogP contribution in [-0.4, -0.2) is 42.0 Å². The van der Waals surface area contributed by atoms with Crippen LogP contribution in [0.5, 0.6) is 0 Å². The maximum absolute atomic E-state index is 13.7. The Balaban J connectivity index is 0.00000272. The zero-order valence-corrected chi connectivity index (χ0v) is 20.3. The third-order valence-corrected chi connectivity index (χ3v) is 7.78. The van der Waals surface area contributed by atoms with Gasteiger partial charge in [-0.3, -0.25) is 9.69 Å². The van der Waals surface area contributed by atoms with E-state index in [1.165, 1.54) is 34.8 Å². The topological polar surface area (TPSA) is 36.4 Å². The molecular formula is C22H22Cl2FN3OS2. The highest BCUT2D eigenvalue weighted by Crippen LogP contribution is 2.37. The van der Waals surface area contributed by atoms with Crippen molar-refractivity contribution in [2.75, 3.05) is 31.1 Å². The van der Waals surface area contributed by atoms with E-state index >= 15 is 0 Å². The Hall–Kier alpha value is -1.77. The van der Waals surface area contributed by atoms with E-state index in [1.54, 1.807) is 11.0 Å². The van der Waals surface area contributed by atoms with Gasteiger partial charge in [-0.15, -0.1) is 23.7 Å². The Kier molecular flexibility index (Phi) is 7.88. The number of carbonyl (C=O) groups is 1. The third kappa shape index (κ3) is 4.86. The molecule has 0 saturated heterocycles. The van der Waals surface area contributed by atoms with Crippen LogP contribution in [0.3, 0.4) is 0 Å². The number of fused-ring (bicyclic) bond motifs is 2. The van der Waals surface area contributed by atoms with Gasteiger partial charge in [0.25, 0.3) is 5.91 Å². The van der Waals surface area contributed by atoms with Gasteiger partial charge in [0.15, 0.2) is 5.13 Å². The van der Waals surface area contributed by atoms with Crippen molar-refractivity contribution in [3.05, 3.63) is 58.2 Å². The van der Waals surface area contributed by atoms with Crippen molar-refractivity contribution in [1.29, 1.82) is 0 Å². The number of halogens is 3. The molecule has 0 N–H and O–H groups in total. The molecule has 164 valence electrons. The summed E-state index contributed by atoms with van der Waals surface area (Å²) in [5.41, 5.74) is 0.680. The smallest absolute Gasteiger partial charge is 0.271 e. The minimum Gasteiger partial charge on any atom is -0.302 e. The summed E-state index contributed by atoms with van der Waals surface area (Å²) >= 11 is 9.30. The number of thiazole rings is 1. The summed E-state index contributed by atoms with van der Waals surface area (Å²) in [6.45, 7) is 7.18. The lowest BCUT2D eigenvalue weighted by atomic mass is 10.2. The van der Waals surface area contributed by atoms with E-state index in [0.29, 0.717) is 38.3 Å². The fourth-order valence-electron chi connectivity index (χ4n) is 3.34. The number of nitrogens with zero attached hydrogens (tertiary/aromatic N) is 3. The van der Waals surface area contributed by atoms with E-state index in [0.717, 1.165) is 23.2 Å². The van der Waals surface area contributed by atoms with Gasteiger partial charge in [0, 0.05) is 23.2 Å². The summed E-state index contributed by atoms with van der Waals surface area (Å²) in [7, 11) is 0. The number of anilines is 1. The van der Waals surface area contributed by atoms with Crippen LogP contribution in [-0.2, 0) is 0 Å². The van der Waals surface area contributed by atoms with Gasteiger partial charge < -0.3 is 4.90 Å². The summed E-state index contributed by atoms with van der Waals surface area (Å²) in [4.78, 5) is 22.6. The zero-order chi connectivity index (χ0) is 21.3. The zero-order valence-electron chi connectivity index (χ0n) is 17.1. The molecule has 0 aliphatic heterocycles. The van der Waals surface area contributed by atoms with Crippen molar-refractivity contribution in [1.82, 2.24) is 9.88 Å². The van der Waals surface area contributed by atoms with Crippen LogP contribution < -0.4 is 4.90 Å². The number of aromatic nitrogens is 1. The van der Waals surface area contributed by atoms with E-state index in [1.807, 2.05) is 24.3 Å². The Morgan fingerprint density at radius 2 is 1.81 bits per heavy atom. The molecule has 2 aromatic heterocycles. The first-order chi connectivity index (χ1) is 14.5. The molecule has 0 bridgehead atoms. The Morgan fingerprint density at radius 1 is 1.06 bits per heavy atom. The van der Waals surface area contributed by atoms with Crippen LogP contribution in [0, 0.1) is 5.82 Å². The van der Waals surface area contributed by atoms with Crippen molar-refractivity contribution in [2.24, 2.45) is 0 Å². The van der Waals surface area contributed by atoms with Gasteiger partial charge >= 0.3 is 0 Å². The van der Waals surface area contributed by atoms with E-state index in [-0.39, 0.29) is 24.1 Å². The Morgan fingerprint density at radius 3 is 2.52 bits per heavy atom. The standard InChI is InChI=1S/C22H21ClFN3OS2.ClH/c1-3-26(4-2)11-12-27(22-25-16-10-9-14(24)13-18(16)30-22)21(28)20-19(23)15-7-5-6-8-17(15)29-20;/h5-10,13H,3-4,11-12H2,1-2H3;1H. The number of hydrogen-bond donors (Lipinski definition) is 0. The molecule has 0 fully saturated rings. The first-order valence-electron chi connectivity index (χ1n) is 9.79. The largest absolute Gasteiger partial charge is 0.302 e. The fourth-order valence-corrected chi connectivity index (χ4v) is 5.82. The van der Waals surface area contributed by atoms with Gasteiger partial charge in [-0.2, -0.15) is 0 Å². The second-order valence-corrected chi connectivity index (χ2v) is 9.27. The molecule has 31 heavy (non-hydrogen) atoms. The molecule has 2 heterocycles. The maximum atomic E-state index is 13.7. The molecule has 0 atom stereocenters. The molecule has 2 aromatic carbocycles. The van der Waals surface area contributed by atoms with Crippen molar-refractivity contribution >= 4 is 78.0 Å². The van der Waals surface area contributed by atoms with Crippen LogP contribution in [0.15, 0.2) is 42.5 Å². The van der Waals surface area contributed by atoms with Crippen molar-refractivity contribution in [3.8, 4) is 0 Å². The molecule has 4 nitrogen and oxygen atoms in total. The van der Waals surface area contributed by atoms with Gasteiger partial charge in [-0.1, -0.05) is 55.0 Å². The number of rotatable bonds is 7. The molecule has 9 heteroatoms. The second kappa shape index (κ2) is 10.2. The molecule has 0 spiro atoms. The molecule has 0 aliphatic carbocycles. The van der Waals surface area contributed by atoms with Gasteiger partial charge in [0.1, 0.15) is 10.7 Å². The molecule has 4 aromatic rings. The normalized spacial score (nSPS) is 11.3. The van der Waals surface area contributed by atoms with Gasteiger partial charge in [-0.25, -0.2) is 9.37 Å². The number of thiophene rings is 1. The quantitative estimate of drug-likeness (QED) is 0.284. The third-order valence-electron chi connectivity index (χ3n) is 5.08. The minimum absolute atomic E-state index is 0. The lowest BCUT2D eigenvalue weighted by Crippen LogP contribution is -2.38. The first-order valence-corrected chi connectivity index (χ1v) is 11.8. The molecular weight excluding hydrogens is 476 g/mol. The Labute approximate surface area is 199 Å². The fraction of sp³-hybridized carbons (Fsp3) is 0.273. The highest BCUT2D eigenvalue weighted by Gasteiger charge is 2.26. The summed E-state index contributed by atoms with van der Waals surface area (Å²) < 4.78 is 15.4. The average Bonchev–Trinajstić information content (AvgIpc) is 3.32. The number of carbonyl (C=O) groups excluding carboxylic acids is 1. The van der Waals surface area contributed by atoms with E-state index in [9.17, 15) is 9.18 Å². The molecule has 1 amide bonds. The molecule has 0 saturated carbocycles. The van der Waals surface area contributed by atoms with Gasteiger partial charge in [0.2, 0.25) is 0 Å².